The maximum Gasteiger partial charge on any atom is 0.235 e. The third-order valence-corrected chi connectivity index (χ3v) is 4.35. The first-order valence-corrected chi connectivity index (χ1v) is 5.74. The summed E-state index contributed by atoms with van der Waals surface area (Å²) >= 11 is 0. The number of carbonyl (C=O) groups is 1. The molecule has 0 N–H and O–H groups in total. The Hall–Kier alpha value is -0.930. The van der Waals surface area contributed by atoms with E-state index < -0.39 is 5.79 Å². The molecule has 2 bridgehead atoms. The lowest BCUT2D eigenvalue weighted by Crippen LogP contribution is -2.61. The SMILES string of the molecule is COC1(OC)C(=O)[C@@H]2C=C[C@H]1[C@H]1CC=C[C@H]12. The number of fused-ring (bicyclic) bond motifs is 1. The summed E-state index contributed by atoms with van der Waals surface area (Å²) in [6, 6.07) is 0. The first kappa shape index (κ1) is 10.2. The van der Waals surface area contributed by atoms with E-state index in [1.54, 1.807) is 14.2 Å². The number of methoxy groups -OCH3 is 2. The number of ether oxygens (including phenoxy) is 2. The van der Waals surface area contributed by atoms with Crippen LogP contribution in [0.15, 0.2) is 24.3 Å². The first-order valence-electron chi connectivity index (χ1n) is 5.74. The lowest BCUT2D eigenvalue weighted by atomic mass is 9.60. The summed E-state index contributed by atoms with van der Waals surface area (Å²) < 4.78 is 10.9. The lowest BCUT2D eigenvalue weighted by Gasteiger charge is -2.50. The second-order valence-electron chi connectivity index (χ2n) is 4.78. The number of rotatable bonds is 2. The third kappa shape index (κ3) is 0.980. The quantitative estimate of drug-likeness (QED) is 0.523. The lowest BCUT2D eigenvalue weighted by molar-refractivity contribution is -0.246. The molecule has 1 fully saturated rings. The summed E-state index contributed by atoms with van der Waals surface area (Å²) in [5, 5.41) is 0. The van der Waals surface area contributed by atoms with Gasteiger partial charge in [0.1, 0.15) is 0 Å². The number of carbonyl (C=O) groups excluding carboxylic acids is 1. The molecule has 0 unspecified atom stereocenters. The minimum Gasteiger partial charge on any atom is -0.347 e. The predicted octanol–water partition coefficient (Wildman–Crippen LogP) is 1.55. The van der Waals surface area contributed by atoms with E-state index in [0.717, 1.165) is 6.42 Å². The van der Waals surface area contributed by atoms with E-state index in [-0.39, 0.29) is 17.6 Å². The second-order valence-corrected chi connectivity index (χ2v) is 4.78. The fraction of sp³-hybridized carbons (Fsp3) is 0.615. The summed E-state index contributed by atoms with van der Waals surface area (Å²) in [6.07, 6.45) is 9.52. The molecule has 4 rings (SSSR count). The van der Waals surface area contributed by atoms with E-state index in [4.69, 9.17) is 9.47 Å². The molecule has 16 heavy (non-hydrogen) atoms. The molecular weight excluding hydrogens is 204 g/mol. The summed E-state index contributed by atoms with van der Waals surface area (Å²) in [5.74, 6) is -0.132. The van der Waals surface area contributed by atoms with Crippen molar-refractivity contribution in [2.45, 2.75) is 12.2 Å². The number of ketones is 1. The van der Waals surface area contributed by atoms with Gasteiger partial charge in [-0.15, -0.1) is 0 Å². The van der Waals surface area contributed by atoms with Crippen molar-refractivity contribution < 1.29 is 14.3 Å². The average Bonchev–Trinajstić information content (AvgIpc) is 2.80. The van der Waals surface area contributed by atoms with Gasteiger partial charge in [-0.25, -0.2) is 0 Å². The maximum atomic E-state index is 12.4. The molecule has 4 aliphatic rings. The smallest absolute Gasteiger partial charge is 0.235 e. The number of allylic oxidation sites excluding steroid dienone is 3. The van der Waals surface area contributed by atoms with Gasteiger partial charge < -0.3 is 9.47 Å². The van der Waals surface area contributed by atoms with Gasteiger partial charge in [0.2, 0.25) is 5.79 Å². The highest BCUT2D eigenvalue weighted by Gasteiger charge is 2.61. The van der Waals surface area contributed by atoms with Gasteiger partial charge in [-0.2, -0.15) is 0 Å². The molecule has 3 nitrogen and oxygen atoms in total. The first-order chi connectivity index (χ1) is 7.74. The molecule has 0 spiro atoms. The molecular formula is C13H16O3. The molecule has 0 heterocycles. The van der Waals surface area contributed by atoms with Gasteiger partial charge >= 0.3 is 0 Å². The van der Waals surface area contributed by atoms with Crippen molar-refractivity contribution in [1.29, 1.82) is 0 Å². The second kappa shape index (κ2) is 3.28. The van der Waals surface area contributed by atoms with Crippen molar-refractivity contribution in [3.05, 3.63) is 24.3 Å². The number of hydrogen-bond donors (Lipinski definition) is 0. The molecule has 0 aromatic heterocycles. The van der Waals surface area contributed by atoms with Crippen LogP contribution in [-0.2, 0) is 14.3 Å². The summed E-state index contributed by atoms with van der Waals surface area (Å²) in [5.41, 5.74) is 0. The van der Waals surface area contributed by atoms with Gasteiger partial charge in [0.25, 0.3) is 0 Å². The minimum absolute atomic E-state index is 0.0556. The van der Waals surface area contributed by atoms with Crippen molar-refractivity contribution in [3.63, 3.8) is 0 Å². The van der Waals surface area contributed by atoms with Gasteiger partial charge in [0.05, 0.1) is 0 Å². The Kier molecular flexibility index (Phi) is 2.10. The fourth-order valence-corrected chi connectivity index (χ4v) is 3.60. The van der Waals surface area contributed by atoms with Crippen LogP contribution in [0.4, 0.5) is 0 Å². The van der Waals surface area contributed by atoms with Crippen molar-refractivity contribution in [1.82, 2.24) is 0 Å². The van der Waals surface area contributed by atoms with Crippen LogP contribution in [0.5, 0.6) is 0 Å². The summed E-state index contributed by atoms with van der Waals surface area (Å²) in [4.78, 5) is 12.4. The normalized spacial score (nSPS) is 42.8. The Morgan fingerprint density at radius 3 is 2.69 bits per heavy atom. The summed E-state index contributed by atoms with van der Waals surface area (Å²) in [6.45, 7) is 0. The van der Waals surface area contributed by atoms with Crippen molar-refractivity contribution >= 4 is 5.78 Å². The van der Waals surface area contributed by atoms with E-state index in [2.05, 4.69) is 18.2 Å². The molecule has 0 aliphatic heterocycles. The average molecular weight is 220 g/mol. The zero-order chi connectivity index (χ0) is 11.3. The minimum atomic E-state index is -1.04. The Balaban J connectivity index is 2.08. The van der Waals surface area contributed by atoms with Crippen molar-refractivity contribution in [2.75, 3.05) is 14.2 Å². The highest BCUT2D eigenvalue weighted by atomic mass is 16.7. The van der Waals surface area contributed by atoms with E-state index >= 15 is 0 Å². The van der Waals surface area contributed by atoms with Crippen LogP contribution in [0, 0.1) is 23.7 Å². The molecule has 1 saturated carbocycles. The summed E-state index contributed by atoms with van der Waals surface area (Å²) in [7, 11) is 3.13. The Morgan fingerprint density at radius 1 is 1.25 bits per heavy atom. The number of Topliss-reactive ketones (excluding diaryl/α,β-unsaturated/α-hetero) is 1. The van der Waals surface area contributed by atoms with Gasteiger partial charge in [-0.1, -0.05) is 24.3 Å². The topological polar surface area (TPSA) is 35.5 Å². The van der Waals surface area contributed by atoms with Crippen LogP contribution in [-0.4, -0.2) is 25.8 Å². The number of hydrogen-bond acceptors (Lipinski definition) is 3. The standard InChI is InChI=1S/C13H16O3/c1-15-13(16-2)11-7-6-10(12(13)14)8-4-3-5-9(8)11/h3-4,6-11H,5H2,1-2H3/t8-,9+,10-,11+/m1/s1. The van der Waals surface area contributed by atoms with Gasteiger partial charge in [-0.3, -0.25) is 4.79 Å². The fourth-order valence-electron chi connectivity index (χ4n) is 3.60. The Labute approximate surface area is 95.1 Å². The molecule has 4 aliphatic carbocycles. The molecule has 0 saturated heterocycles. The van der Waals surface area contributed by atoms with E-state index in [1.807, 2.05) is 6.08 Å². The van der Waals surface area contributed by atoms with Gasteiger partial charge in [0.15, 0.2) is 5.78 Å². The molecule has 3 heteroatoms. The van der Waals surface area contributed by atoms with Crippen molar-refractivity contribution in [2.24, 2.45) is 23.7 Å². The molecule has 0 radical (unpaired) electrons. The van der Waals surface area contributed by atoms with Crippen LogP contribution >= 0.6 is 0 Å². The Bertz CT molecular complexity index is 379. The molecule has 0 aromatic carbocycles. The van der Waals surface area contributed by atoms with Crippen LogP contribution in [0.2, 0.25) is 0 Å². The molecule has 86 valence electrons. The van der Waals surface area contributed by atoms with E-state index in [0.29, 0.717) is 11.8 Å². The molecule has 0 aromatic rings. The van der Waals surface area contributed by atoms with Gasteiger partial charge in [0, 0.05) is 26.1 Å². The van der Waals surface area contributed by atoms with Crippen molar-refractivity contribution in [3.8, 4) is 0 Å². The zero-order valence-electron chi connectivity index (χ0n) is 9.55. The third-order valence-electron chi connectivity index (χ3n) is 4.35. The highest BCUT2D eigenvalue weighted by Crippen LogP contribution is 2.53. The maximum absolute atomic E-state index is 12.4. The largest absolute Gasteiger partial charge is 0.347 e. The zero-order valence-corrected chi connectivity index (χ0v) is 9.55. The van der Waals surface area contributed by atoms with Crippen LogP contribution in [0.1, 0.15) is 6.42 Å². The highest BCUT2D eigenvalue weighted by molar-refractivity contribution is 5.93. The molecule has 0 amide bonds. The predicted molar refractivity (Wildman–Crippen MR) is 58.6 cm³/mol. The van der Waals surface area contributed by atoms with Crippen LogP contribution in [0.3, 0.4) is 0 Å². The van der Waals surface area contributed by atoms with Gasteiger partial charge in [-0.05, 0) is 18.3 Å². The van der Waals surface area contributed by atoms with E-state index in [9.17, 15) is 4.79 Å². The van der Waals surface area contributed by atoms with Crippen LogP contribution in [0.25, 0.3) is 0 Å². The molecule has 4 atom stereocenters. The van der Waals surface area contributed by atoms with Crippen LogP contribution < -0.4 is 0 Å². The Morgan fingerprint density at radius 2 is 2.00 bits per heavy atom. The van der Waals surface area contributed by atoms with E-state index in [1.165, 1.54) is 0 Å². The monoisotopic (exact) mass is 220 g/mol.